The lowest BCUT2D eigenvalue weighted by Crippen LogP contribution is -2.33. The van der Waals surface area contributed by atoms with Gasteiger partial charge in [0.1, 0.15) is 0 Å². The maximum Gasteiger partial charge on any atom is 0.220 e. The lowest BCUT2D eigenvalue weighted by molar-refractivity contribution is -0.121. The van der Waals surface area contributed by atoms with Gasteiger partial charge in [0.2, 0.25) is 15.9 Å². The first-order valence-electron chi connectivity index (χ1n) is 7.51. The zero-order valence-electron chi connectivity index (χ0n) is 12.4. The standard InChI is InChI=1S/C13H27N3O3S/c1-2-7-14-8-9-15-13(17)6-5-12-20(18,19)16-10-3-4-11-16/h14H,2-12H2,1H3,(H,15,17). The molecule has 6 nitrogen and oxygen atoms in total. The highest BCUT2D eigenvalue weighted by Crippen LogP contribution is 2.14. The van der Waals surface area contributed by atoms with Crippen LogP contribution in [0.4, 0.5) is 0 Å². The fraction of sp³-hybridized carbons (Fsp3) is 0.923. The first-order valence-corrected chi connectivity index (χ1v) is 9.12. The molecule has 20 heavy (non-hydrogen) atoms. The summed E-state index contributed by atoms with van der Waals surface area (Å²) in [7, 11) is -3.15. The van der Waals surface area contributed by atoms with E-state index in [4.69, 9.17) is 0 Å². The van der Waals surface area contributed by atoms with Crippen molar-refractivity contribution >= 4 is 15.9 Å². The van der Waals surface area contributed by atoms with Gasteiger partial charge in [-0.3, -0.25) is 4.79 Å². The topological polar surface area (TPSA) is 78.5 Å². The van der Waals surface area contributed by atoms with E-state index in [1.165, 1.54) is 0 Å². The van der Waals surface area contributed by atoms with Crippen molar-refractivity contribution in [2.45, 2.75) is 39.0 Å². The molecule has 0 bridgehead atoms. The van der Waals surface area contributed by atoms with Crippen LogP contribution in [0.3, 0.4) is 0 Å². The van der Waals surface area contributed by atoms with E-state index in [9.17, 15) is 13.2 Å². The number of hydrogen-bond donors (Lipinski definition) is 2. The summed E-state index contributed by atoms with van der Waals surface area (Å²) in [5.41, 5.74) is 0. The number of nitrogens with one attached hydrogen (secondary N) is 2. The fourth-order valence-corrected chi connectivity index (χ4v) is 3.77. The van der Waals surface area contributed by atoms with Gasteiger partial charge in [-0.25, -0.2) is 12.7 Å². The molecule has 0 aliphatic carbocycles. The molecule has 1 rings (SSSR count). The van der Waals surface area contributed by atoms with Crippen LogP contribution in [-0.2, 0) is 14.8 Å². The molecule has 1 amide bonds. The second-order valence-electron chi connectivity index (χ2n) is 5.13. The Morgan fingerprint density at radius 3 is 2.50 bits per heavy atom. The summed E-state index contributed by atoms with van der Waals surface area (Å²) in [6.45, 7) is 5.66. The van der Waals surface area contributed by atoms with Crippen LogP contribution < -0.4 is 10.6 Å². The van der Waals surface area contributed by atoms with Crippen LogP contribution in [0.1, 0.15) is 39.0 Å². The first kappa shape index (κ1) is 17.4. The van der Waals surface area contributed by atoms with Gasteiger partial charge in [0.25, 0.3) is 0 Å². The Kier molecular flexibility index (Phi) is 8.09. The van der Waals surface area contributed by atoms with Gasteiger partial charge in [-0.15, -0.1) is 0 Å². The molecule has 0 aromatic carbocycles. The van der Waals surface area contributed by atoms with Crippen LogP contribution in [0, 0.1) is 0 Å². The Labute approximate surface area is 122 Å². The summed E-state index contributed by atoms with van der Waals surface area (Å²) in [4.78, 5) is 11.5. The highest BCUT2D eigenvalue weighted by atomic mass is 32.2. The third kappa shape index (κ3) is 6.67. The number of sulfonamides is 1. The SMILES string of the molecule is CCCNCCNC(=O)CCCS(=O)(=O)N1CCCC1. The van der Waals surface area contributed by atoms with Crippen LogP contribution in [0.25, 0.3) is 0 Å². The van der Waals surface area contributed by atoms with Crippen molar-refractivity contribution in [3.8, 4) is 0 Å². The van der Waals surface area contributed by atoms with E-state index in [0.29, 0.717) is 26.1 Å². The quantitative estimate of drug-likeness (QED) is 0.569. The van der Waals surface area contributed by atoms with E-state index >= 15 is 0 Å². The predicted molar refractivity (Wildman–Crippen MR) is 80.0 cm³/mol. The zero-order chi connectivity index (χ0) is 14.8. The molecule has 0 radical (unpaired) electrons. The van der Waals surface area contributed by atoms with Crippen molar-refractivity contribution in [2.75, 3.05) is 38.5 Å². The van der Waals surface area contributed by atoms with Crippen LogP contribution >= 0.6 is 0 Å². The minimum Gasteiger partial charge on any atom is -0.355 e. The number of hydrogen-bond acceptors (Lipinski definition) is 4. The number of amides is 1. The van der Waals surface area contributed by atoms with E-state index in [1.54, 1.807) is 4.31 Å². The van der Waals surface area contributed by atoms with Crippen molar-refractivity contribution < 1.29 is 13.2 Å². The average Bonchev–Trinajstić information content (AvgIpc) is 2.93. The van der Waals surface area contributed by atoms with Gasteiger partial charge >= 0.3 is 0 Å². The molecule has 1 aliphatic rings. The molecule has 7 heteroatoms. The van der Waals surface area contributed by atoms with E-state index in [0.717, 1.165) is 32.4 Å². The fourth-order valence-electron chi connectivity index (χ4n) is 2.19. The summed E-state index contributed by atoms with van der Waals surface area (Å²) in [6.07, 6.45) is 3.64. The summed E-state index contributed by atoms with van der Waals surface area (Å²) in [5.74, 6) is 0.00836. The molecule has 0 aromatic heterocycles. The molecule has 1 aliphatic heterocycles. The molecule has 118 valence electrons. The Morgan fingerprint density at radius 2 is 1.85 bits per heavy atom. The van der Waals surface area contributed by atoms with Crippen LogP contribution in [0.5, 0.6) is 0 Å². The van der Waals surface area contributed by atoms with E-state index in [2.05, 4.69) is 17.6 Å². The smallest absolute Gasteiger partial charge is 0.220 e. The van der Waals surface area contributed by atoms with Crippen molar-refractivity contribution in [1.82, 2.24) is 14.9 Å². The first-order chi connectivity index (χ1) is 9.56. The van der Waals surface area contributed by atoms with Crippen molar-refractivity contribution in [3.05, 3.63) is 0 Å². The highest BCUT2D eigenvalue weighted by Gasteiger charge is 2.24. The van der Waals surface area contributed by atoms with Crippen LogP contribution in [0.15, 0.2) is 0 Å². The maximum atomic E-state index is 11.9. The minimum absolute atomic E-state index is 0.0695. The van der Waals surface area contributed by atoms with Gasteiger partial charge in [0.15, 0.2) is 0 Å². The normalized spacial score (nSPS) is 16.4. The number of nitrogens with zero attached hydrogens (tertiary/aromatic N) is 1. The summed E-state index contributed by atoms with van der Waals surface area (Å²) >= 11 is 0. The van der Waals surface area contributed by atoms with Gasteiger partial charge in [0.05, 0.1) is 5.75 Å². The lowest BCUT2D eigenvalue weighted by atomic mass is 10.3. The van der Waals surface area contributed by atoms with Gasteiger partial charge in [-0.1, -0.05) is 6.92 Å². The second kappa shape index (κ2) is 9.31. The number of carbonyl (C=O) groups is 1. The highest BCUT2D eigenvalue weighted by molar-refractivity contribution is 7.89. The average molecular weight is 305 g/mol. The maximum absolute atomic E-state index is 11.9. The van der Waals surface area contributed by atoms with Crippen molar-refractivity contribution in [3.63, 3.8) is 0 Å². The number of rotatable bonds is 10. The molecule has 1 saturated heterocycles. The summed E-state index contributed by atoms with van der Waals surface area (Å²) in [5, 5.41) is 5.98. The van der Waals surface area contributed by atoms with E-state index in [1.807, 2.05) is 0 Å². The number of carbonyl (C=O) groups excluding carboxylic acids is 1. The molecule has 0 unspecified atom stereocenters. The molecule has 1 heterocycles. The predicted octanol–water partition coefficient (Wildman–Crippen LogP) is 0.308. The molecular formula is C13H27N3O3S. The Balaban J connectivity index is 2.09. The zero-order valence-corrected chi connectivity index (χ0v) is 13.2. The van der Waals surface area contributed by atoms with Crippen LogP contribution in [-0.4, -0.2) is 57.1 Å². The van der Waals surface area contributed by atoms with Crippen molar-refractivity contribution in [2.24, 2.45) is 0 Å². The monoisotopic (exact) mass is 305 g/mol. The van der Waals surface area contributed by atoms with Gasteiger partial charge < -0.3 is 10.6 Å². The lowest BCUT2D eigenvalue weighted by Gasteiger charge is -2.15. The van der Waals surface area contributed by atoms with Gasteiger partial charge in [0, 0.05) is 32.6 Å². The Bertz CT molecular complexity index is 378. The van der Waals surface area contributed by atoms with E-state index < -0.39 is 10.0 Å². The molecule has 0 atom stereocenters. The third-order valence-electron chi connectivity index (χ3n) is 3.32. The molecule has 2 N–H and O–H groups in total. The molecule has 1 fully saturated rings. The largest absolute Gasteiger partial charge is 0.355 e. The molecular weight excluding hydrogens is 278 g/mol. The van der Waals surface area contributed by atoms with Gasteiger partial charge in [-0.2, -0.15) is 0 Å². The second-order valence-corrected chi connectivity index (χ2v) is 7.21. The molecule has 0 aromatic rings. The van der Waals surface area contributed by atoms with Crippen molar-refractivity contribution in [1.29, 1.82) is 0 Å². The summed E-state index contributed by atoms with van der Waals surface area (Å²) < 4.78 is 25.4. The summed E-state index contributed by atoms with van der Waals surface area (Å²) in [6, 6.07) is 0. The Hall–Kier alpha value is -0.660. The third-order valence-corrected chi connectivity index (χ3v) is 5.27. The van der Waals surface area contributed by atoms with E-state index in [-0.39, 0.29) is 18.1 Å². The minimum atomic E-state index is -3.15. The van der Waals surface area contributed by atoms with Gasteiger partial charge in [-0.05, 0) is 32.2 Å². The molecule has 0 saturated carbocycles. The van der Waals surface area contributed by atoms with Crippen LogP contribution in [0.2, 0.25) is 0 Å². The molecule has 0 spiro atoms. The Morgan fingerprint density at radius 1 is 1.15 bits per heavy atom.